The van der Waals surface area contributed by atoms with Crippen LogP contribution < -0.4 is 10.6 Å². The molecule has 0 saturated carbocycles. The molecule has 0 spiro atoms. The second kappa shape index (κ2) is 6.95. The molecule has 0 bridgehead atoms. The standard InChI is InChI=1S/C13H26N4O/c1-2-7-16(11-12-4-3-5-14-12)9-10-17-8-6-15-13(17)18/h12,14H,2-11H2,1H3,(H,15,18). The van der Waals surface area contributed by atoms with Gasteiger partial charge in [-0.15, -0.1) is 0 Å². The number of hydrogen-bond acceptors (Lipinski definition) is 3. The molecule has 0 aromatic carbocycles. The van der Waals surface area contributed by atoms with Crippen molar-refractivity contribution in [2.45, 2.75) is 32.2 Å². The van der Waals surface area contributed by atoms with Crippen molar-refractivity contribution in [3.05, 3.63) is 0 Å². The van der Waals surface area contributed by atoms with E-state index >= 15 is 0 Å². The molecule has 0 radical (unpaired) electrons. The summed E-state index contributed by atoms with van der Waals surface area (Å²) < 4.78 is 0. The van der Waals surface area contributed by atoms with Gasteiger partial charge in [-0.3, -0.25) is 0 Å². The van der Waals surface area contributed by atoms with E-state index in [-0.39, 0.29) is 6.03 Å². The summed E-state index contributed by atoms with van der Waals surface area (Å²) in [6.07, 6.45) is 3.78. The van der Waals surface area contributed by atoms with Crippen molar-refractivity contribution >= 4 is 6.03 Å². The van der Waals surface area contributed by atoms with Crippen molar-refractivity contribution in [3.63, 3.8) is 0 Å². The van der Waals surface area contributed by atoms with Crippen molar-refractivity contribution in [3.8, 4) is 0 Å². The Morgan fingerprint density at radius 3 is 2.89 bits per heavy atom. The smallest absolute Gasteiger partial charge is 0.317 e. The predicted molar refractivity (Wildman–Crippen MR) is 72.7 cm³/mol. The fraction of sp³-hybridized carbons (Fsp3) is 0.923. The lowest BCUT2D eigenvalue weighted by atomic mass is 10.2. The highest BCUT2D eigenvalue weighted by atomic mass is 16.2. The zero-order chi connectivity index (χ0) is 12.8. The highest BCUT2D eigenvalue weighted by Crippen LogP contribution is 2.08. The molecule has 0 aromatic rings. The summed E-state index contributed by atoms with van der Waals surface area (Å²) in [6.45, 7) is 9.17. The first-order valence-corrected chi connectivity index (χ1v) is 7.28. The molecule has 104 valence electrons. The third-order valence-corrected chi connectivity index (χ3v) is 3.81. The molecule has 5 nitrogen and oxygen atoms in total. The molecule has 2 N–H and O–H groups in total. The summed E-state index contributed by atoms with van der Waals surface area (Å²) in [6, 6.07) is 0.759. The fourth-order valence-electron chi connectivity index (χ4n) is 2.82. The fourth-order valence-corrected chi connectivity index (χ4v) is 2.82. The second-order valence-corrected chi connectivity index (χ2v) is 5.31. The SMILES string of the molecule is CCCN(CCN1CCNC1=O)CC1CCCN1. The Morgan fingerprint density at radius 1 is 1.39 bits per heavy atom. The number of urea groups is 1. The molecule has 1 atom stereocenters. The molecule has 2 heterocycles. The topological polar surface area (TPSA) is 47.6 Å². The minimum atomic E-state index is 0.102. The highest BCUT2D eigenvalue weighted by molar-refractivity contribution is 5.76. The molecule has 2 amide bonds. The van der Waals surface area contributed by atoms with E-state index in [1.165, 1.54) is 25.8 Å². The third kappa shape index (κ3) is 3.85. The Morgan fingerprint density at radius 2 is 2.28 bits per heavy atom. The molecule has 18 heavy (non-hydrogen) atoms. The van der Waals surface area contributed by atoms with Gasteiger partial charge >= 0.3 is 6.03 Å². The Bertz CT molecular complexity index is 266. The summed E-state index contributed by atoms with van der Waals surface area (Å²) in [5, 5.41) is 6.40. The van der Waals surface area contributed by atoms with Crippen molar-refractivity contribution in [2.24, 2.45) is 0 Å². The summed E-state index contributed by atoms with van der Waals surface area (Å²) in [5.74, 6) is 0. The largest absolute Gasteiger partial charge is 0.336 e. The van der Waals surface area contributed by atoms with Gasteiger partial charge in [-0.2, -0.15) is 0 Å². The summed E-state index contributed by atoms with van der Waals surface area (Å²) in [5.41, 5.74) is 0. The van der Waals surface area contributed by atoms with Crippen LogP contribution in [0.1, 0.15) is 26.2 Å². The van der Waals surface area contributed by atoms with E-state index in [1.54, 1.807) is 0 Å². The van der Waals surface area contributed by atoms with Crippen molar-refractivity contribution < 1.29 is 4.79 Å². The van der Waals surface area contributed by atoms with E-state index < -0.39 is 0 Å². The Kier molecular flexibility index (Phi) is 5.26. The zero-order valence-electron chi connectivity index (χ0n) is 11.5. The number of nitrogens with zero attached hydrogens (tertiary/aromatic N) is 2. The normalized spacial score (nSPS) is 24.0. The number of hydrogen-bond donors (Lipinski definition) is 2. The van der Waals surface area contributed by atoms with Crippen LogP contribution in [0, 0.1) is 0 Å². The van der Waals surface area contributed by atoms with E-state index in [2.05, 4.69) is 22.5 Å². The van der Waals surface area contributed by atoms with Crippen LogP contribution in [0.5, 0.6) is 0 Å². The van der Waals surface area contributed by atoms with Gasteiger partial charge in [0.15, 0.2) is 0 Å². The third-order valence-electron chi connectivity index (χ3n) is 3.81. The van der Waals surface area contributed by atoms with Crippen LogP contribution in [0.3, 0.4) is 0 Å². The summed E-state index contributed by atoms with van der Waals surface area (Å²) in [4.78, 5) is 15.9. The zero-order valence-corrected chi connectivity index (χ0v) is 11.5. The quantitative estimate of drug-likeness (QED) is 0.694. The molecule has 0 aliphatic carbocycles. The van der Waals surface area contributed by atoms with E-state index in [4.69, 9.17) is 0 Å². The molecule has 2 fully saturated rings. The first-order chi connectivity index (χ1) is 8.79. The van der Waals surface area contributed by atoms with Crippen molar-refractivity contribution in [1.82, 2.24) is 20.4 Å². The molecule has 2 rings (SSSR count). The molecule has 2 aliphatic heterocycles. The summed E-state index contributed by atoms with van der Waals surface area (Å²) in [7, 11) is 0. The highest BCUT2D eigenvalue weighted by Gasteiger charge is 2.21. The molecule has 2 aliphatic rings. The minimum absolute atomic E-state index is 0.102. The maximum Gasteiger partial charge on any atom is 0.317 e. The predicted octanol–water partition coefficient (Wildman–Crippen LogP) is 0.476. The maximum absolute atomic E-state index is 11.5. The Labute approximate surface area is 110 Å². The van der Waals surface area contributed by atoms with Crippen molar-refractivity contribution in [1.29, 1.82) is 0 Å². The number of amides is 2. The molecule has 5 heteroatoms. The molecule has 0 aromatic heterocycles. The lowest BCUT2D eigenvalue weighted by Gasteiger charge is -2.27. The van der Waals surface area contributed by atoms with E-state index in [9.17, 15) is 4.79 Å². The first kappa shape index (κ1) is 13.6. The van der Waals surface area contributed by atoms with Crippen LogP contribution in [0.25, 0.3) is 0 Å². The molecular formula is C13H26N4O. The maximum atomic E-state index is 11.5. The van der Waals surface area contributed by atoms with Gasteiger partial charge in [0.25, 0.3) is 0 Å². The molecular weight excluding hydrogens is 228 g/mol. The summed E-state index contributed by atoms with van der Waals surface area (Å²) >= 11 is 0. The van der Waals surface area contributed by atoms with Crippen LogP contribution >= 0.6 is 0 Å². The monoisotopic (exact) mass is 254 g/mol. The van der Waals surface area contributed by atoms with Crippen LogP contribution in [0.4, 0.5) is 4.79 Å². The average Bonchev–Trinajstić information content (AvgIpc) is 2.98. The van der Waals surface area contributed by atoms with Gasteiger partial charge in [-0.25, -0.2) is 4.79 Å². The number of rotatable bonds is 7. The average molecular weight is 254 g/mol. The number of carbonyl (C=O) groups excluding carboxylic acids is 1. The van der Waals surface area contributed by atoms with Gasteiger partial charge in [-0.1, -0.05) is 6.92 Å². The van der Waals surface area contributed by atoms with Crippen LogP contribution in [-0.4, -0.2) is 67.7 Å². The van der Waals surface area contributed by atoms with Gasteiger partial charge in [0.2, 0.25) is 0 Å². The Balaban J connectivity index is 1.72. The minimum Gasteiger partial charge on any atom is -0.336 e. The molecule has 2 saturated heterocycles. The van der Waals surface area contributed by atoms with Gasteiger partial charge in [0, 0.05) is 38.8 Å². The van der Waals surface area contributed by atoms with Crippen LogP contribution in [0.15, 0.2) is 0 Å². The molecule has 1 unspecified atom stereocenters. The lowest BCUT2D eigenvalue weighted by Crippen LogP contribution is -2.42. The van der Waals surface area contributed by atoms with E-state index in [0.29, 0.717) is 6.04 Å². The van der Waals surface area contributed by atoms with Gasteiger partial charge in [0.1, 0.15) is 0 Å². The van der Waals surface area contributed by atoms with E-state index in [1.807, 2.05) is 4.90 Å². The van der Waals surface area contributed by atoms with Crippen molar-refractivity contribution in [2.75, 3.05) is 45.8 Å². The van der Waals surface area contributed by atoms with Crippen LogP contribution in [-0.2, 0) is 0 Å². The van der Waals surface area contributed by atoms with Gasteiger partial charge in [-0.05, 0) is 32.4 Å². The van der Waals surface area contributed by atoms with Gasteiger partial charge < -0.3 is 20.4 Å². The first-order valence-electron chi connectivity index (χ1n) is 7.28. The second-order valence-electron chi connectivity index (χ2n) is 5.31. The van der Waals surface area contributed by atoms with Gasteiger partial charge in [0.05, 0.1) is 0 Å². The Hall–Kier alpha value is -0.810. The lowest BCUT2D eigenvalue weighted by molar-refractivity contribution is 0.195. The van der Waals surface area contributed by atoms with E-state index in [0.717, 1.165) is 39.3 Å². The van der Waals surface area contributed by atoms with Crippen LogP contribution in [0.2, 0.25) is 0 Å². The number of carbonyl (C=O) groups is 1. The number of nitrogens with one attached hydrogen (secondary N) is 2.